The molecule has 7 heteroatoms. The van der Waals surface area contributed by atoms with Crippen molar-refractivity contribution in [1.82, 2.24) is 15.5 Å². The second-order valence-electron chi connectivity index (χ2n) is 6.00. The van der Waals surface area contributed by atoms with E-state index in [1.807, 2.05) is 43.4 Å². The number of benzene rings is 2. The molecule has 0 fully saturated rings. The van der Waals surface area contributed by atoms with Crippen LogP contribution in [0.5, 0.6) is 5.75 Å². The van der Waals surface area contributed by atoms with Crippen molar-refractivity contribution in [3.05, 3.63) is 60.0 Å². The number of hydrogen-bond donors (Lipinski definition) is 1. The van der Waals surface area contributed by atoms with Crippen molar-refractivity contribution in [2.24, 2.45) is 0 Å². The first-order chi connectivity index (χ1) is 12.7. The molecule has 0 unspecified atom stereocenters. The zero-order valence-electron chi connectivity index (χ0n) is 14.3. The van der Waals surface area contributed by atoms with E-state index in [0.717, 1.165) is 23.5 Å². The molecule has 1 aromatic heterocycles. The van der Waals surface area contributed by atoms with Crippen LogP contribution in [0.25, 0.3) is 11.5 Å². The van der Waals surface area contributed by atoms with Gasteiger partial charge in [-0.2, -0.15) is 0 Å². The normalized spacial score (nSPS) is 13.0. The molecular weight excluding hydrogens is 332 g/mol. The highest BCUT2D eigenvalue weighted by Gasteiger charge is 2.17. The Balaban J connectivity index is 1.42. The van der Waals surface area contributed by atoms with Crippen LogP contribution in [0.2, 0.25) is 0 Å². The minimum atomic E-state index is -0.218. The molecule has 1 N–H and O–H groups in total. The van der Waals surface area contributed by atoms with Gasteiger partial charge in [0.1, 0.15) is 12.4 Å². The Morgan fingerprint density at radius 1 is 1.19 bits per heavy atom. The van der Waals surface area contributed by atoms with E-state index in [2.05, 4.69) is 20.4 Å². The van der Waals surface area contributed by atoms with Crippen LogP contribution < -0.4 is 15.0 Å². The number of anilines is 1. The van der Waals surface area contributed by atoms with Gasteiger partial charge in [0.25, 0.3) is 5.91 Å². The van der Waals surface area contributed by atoms with Crippen molar-refractivity contribution >= 4 is 11.6 Å². The van der Waals surface area contributed by atoms with Crippen LogP contribution in [0.15, 0.2) is 52.9 Å². The van der Waals surface area contributed by atoms with Gasteiger partial charge in [0.05, 0.1) is 18.8 Å². The number of nitrogens with zero attached hydrogens (tertiary/aromatic N) is 3. The molecule has 0 spiro atoms. The van der Waals surface area contributed by atoms with Crippen LogP contribution in [-0.2, 0) is 6.54 Å². The summed E-state index contributed by atoms with van der Waals surface area (Å²) in [6, 6.07) is 14.9. The van der Waals surface area contributed by atoms with E-state index >= 15 is 0 Å². The Morgan fingerprint density at radius 3 is 2.88 bits per heavy atom. The monoisotopic (exact) mass is 350 g/mol. The number of ether oxygens (including phenoxy) is 1. The average Bonchev–Trinajstić information content (AvgIpc) is 3.16. The van der Waals surface area contributed by atoms with Gasteiger partial charge < -0.3 is 19.4 Å². The van der Waals surface area contributed by atoms with E-state index in [1.165, 1.54) is 0 Å². The van der Waals surface area contributed by atoms with E-state index in [-0.39, 0.29) is 12.5 Å². The van der Waals surface area contributed by atoms with Crippen molar-refractivity contribution in [2.75, 3.05) is 25.1 Å². The lowest BCUT2D eigenvalue weighted by Crippen LogP contribution is -2.29. The maximum atomic E-state index is 12.4. The van der Waals surface area contributed by atoms with Gasteiger partial charge in [-0.3, -0.25) is 4.79 Å². The molecule has 0 atom stereocenters. The van der Waals surface area contributed by atoms with Crippen LogP contribution >= 0.6 is 0 Å². The Bertz CT molecular complexity index is 924. The molecular formula is C19H18N4O3. The summed E-state index contributed by atoms with van der Waals surface area (Å²) in [5.74, 6) is 1.28. The van der Waals surface area contributed by atoms with E-state index in [0.29, 0.717) is 24.0 Å². The molecule has 3 aromatic rings. The number of likely N-dealkylation sites (N-methyl/N-ethyl adjacent to an activating group) is 1. The molecule has 132 valence electrons. The predicted molar refractivity (Wildman–Crippen MR) is 96.1 cm³/mol. The minimum absolute atomic E-state index is 0.163. The van der Waals surface area contributed by atoms with E-state index in [1.54, 1.807) is 12.1 Å². The van der Waals surface area contributed by atoms with E-state index < -0.39 is 0 Å². The minimum Gasteiger partial charge on any atom is -0.490 e. The number of nitrogens with one attached hydrogen (secondary N) is 1. The van der Waals surface area contributed by atoms with Gasteiger partial charge in [-0.05, 0) is 30.3 Å². The van der Waals surface area contributed by atoms with Gasteiger partial charge in [0.15, 0.2) is 0 Å². The second kappa shape index (κ2) is 6.87. The van der Waals surface area contributed by atoms with E-state index in [4.69, 9.17) is 9.15 Å². The molecule has 7 nitrogen and oxygen atoms in total. The highest BCUT2D eigenvalue weighted by molar-refractivity contribution is 5.95. The van der Waals surface area contributed by atoms with Crippen LogP contribution in [0, 0.1) is 0 Å². The summed E-state index contributed by atoms with van der Waals surface area (Å²) < 4.78 is 11.2. The number of aromatic nitrogens is 2. The number of hydrogen-bond acceptors (Lipinski definition) is 6. The third-order valence-electron chi connectivity index (χ3n) is 4.21. The van der Waals surface area contributed by atoms with Gasteiger partial charge >= 0.3 is 0 Å². The molecule has 1 aliphatic heterocycles. The highest BCUT2D eigenvalue weighted by Crippen LogP contribution is 2.31. The SMILES string of the molecule is CN1CCOc2cc(C(=O)NCc3nnc(-c4ccccc4)o3)ccc21. The summed E-state index contributed by atoms with van der Waals surface area (Å²) >= 11 is 0. The fourth-order valence-electron chi connectivity index (χ4n) is 2.78. The summed E-state index contributed by atoms with van der Waals surface area (Å²) in [5.41, 5.74) is 2.35. The first-order valence-corrected chi connectivity index (χ1v) is 8.35. The maximum Gasteiger partial charge on any atom is 0.251 e. The molecule has 26 heavy (non-hydrogen) atoms. The van der Waals surface area contributed by atoms with E-state index in [9.17, 15) is 4.79 Å². The number of rotatable bonds is 4. The summed E-state index contributed by atoms with van der Waals surface area (Å²) in [6.45, 7) is 1.61. The summed E-state index contributed by atoms with van der Waals surface area (Å²) in [6.07, 6.45) is 0. The predicted octanol–water partition coefficient (Wildman–Crippen LogP) is 2.50. The smallest absolute Gasteiger partial charge is 0.251 e. The summed E-state index contributed by atoms with van der Waals surface area (Å²) in [7, 11) is 2.00. The lowest BCUT2D eigenvalue weighted by atomic mass is 10.1. The number of amides is 1. The third-order valence-corrected chi connectivity index (χ3v) is 4.21. The lowest BCUT2D eigenvalue weighted by molar-refractivity contribution is 0.0947. The molecule has 0 saturated heterocycles. The molecule has 4 rings (SSSR count). The summed E-state index contributed by atoms with van der Waals surface area (Å²) in [5, 5.41) is 10.8. The molecule has 0 bridgehead atoms. The number of carbonyl (C=O) groups excluding carboxylic acids is 1. The van der Waals surface area contributed by atoms with Gasteiger partial charge in [-0.1, -0.05) is 18.2 Å². The largest absolute Gasteiger partial charge is 0.490 e. The zero-order valence-corrected chi connectivity index (χ0v) is 14.3. The van der Waals surface area contributed by atoms with Crippen molar-refractivity contribution in [1.29, 1.82) is 0 Å². The quantitative estimate of drug-likeness (QED) is 0.779. The van der Waals surface area contributed by atoms with Crippen LogP contribution in [0.1, 0.15) is 16.2 Å². The molecule has 1 amide bonds. The third kappa shape index (κ3) is 3.23. The molecule has 2 heterocycles. The van der Waals surface area contributed by atoms with Gasteiger partial charge in [-0.25, -0.2) is 0 Å². The molecule has 0 aliphatic carbocycles. The maximum absolute atomic E-state index is 12.4. The topological polar surface area (TPSA) is 80.5 Å². The first kappa shape index (κ1) is 16.1. The van der Waals surface area contributed by atoms with Crippen molar-refractivity contribution in [2.45, 2.75) is 6.54 Å². The Kier molecular flexibility index (Phi) is 4.27. The number of fused-ring (bicyclic) bond motifs is 1. The van der Waals surface area contributed by atoms with Gasteiger partial charge in [-0.15, -0.1) is 10.2 Å². The molecule has 1 aliphatic rings. The average molecular weight is 350 g/mol. The van der Waals surface area contributed by atoms with Crippen molar-refractivity contribution < 1.29 is 13.9 Å². The van der Waals surface area contributed by atoms with Gasteiger partial charge in [0.2, 0.25) is 11.8 Å². The Labute approximate surface area is 150 Å². The van der Waals surface area contributed by atoms with Crippen LogP contribution in [0.3, 0.4) is 0 Å². The van der Waals surface area contributed by atoms with Crippen molar-refractivity contribution in [3.8, 4) is 17.2 Å². The fourth-order valence-corrected chi connectivity index (χ4v) is 2.78. The summed E-state index contributed by atoms with van der Waals surface area (Å²) in [4.78, 5) is 14.5. The number of carbonyl (C=O) groups is 1. The standard InChI is InChI=1S/C19H18N4O3/c1-23-9-10-25-16-11-14(7-8-15(16)23)18(24)20-12-17-21-22-19(26-17)13-5-3-2-4-6-13/h2-8,11H,9-10,12H2,1H3,(H,20,24). The lowest BCUT2D eigenvalue weighted by Gasteiger charge is -2.27. The molecule has 2 aromatic carbocycles. The first-order valence-electron chi connectivity index (χ1n) is 8.35. The second-order valence-corrected chi connectivity index (χ2v) is 6.00. The zero-order chi connectivity index (χ0) is 17.9. The molecule has 0 saturated carbocycles. The van der Waals surface area contributed by atoms with Crippen LogP contribution in [-0.4, -0.2) is 36.3 Å². The fraction of sp³-hybridized carbons (Fsp3) is 0.211. The molecule has 0 radical (unpaired) electrons. The van der Waals surface area contributed by atoms with Crippen LogP contribution in [0.4, 0.5) is 5.69 Å². The Morgan fingerprint density at radius 2 is 2.04 bits per heavy atom. The van der Waals surface area contributed by atoms with Crippen molar-refractivity contribution in [3.63, 3.8) is 0 Å². The Hall–Kier alpha value is -3.35. The highest BCUT2D eigenvalue weighted by atomic mass is 16.5. The van der Waals surface area contributed by atoms with Gasteiger partial charge in [0, 0.05) is 18.2 Å².